The van der Waals surface area contributed by atoms with Gasteiger partial charge in [-0.3, -0.25) is 4.79 Å². The molecule has 1 amide bonds. The number of carbonyl (C=O) groups excluding carboxylic acids is 1. The normalized spacial score (nSPS) is 23.2. The molecule has 0 aromatic rings. The predicted octanol–water partition coefficient (Wildman–Crippen LogP) is 0.0904. The van der Waals surface area contributed by atoms with Gasteiger partial charge in [-0.1, -0.05) is 6.92 Å². The number of rotatable bonds is 9. The fraction of sp³-hybridized carbons (Fsp3) is 0.857. The number of carboxylic acid groups (broad SMARTS) is 1. The smallest absolute Gasteiger partial charge is 0.326 e. The molecule has 0 heterocycles. The van der Waals surface area contributed by atoms with Crippen LogP contribution in [0.25, 0.3) is 0 Å². The number of hydrogen-bond acceptors (Lipinski definition) is 5. The molecule has 3 N–H and O–H groups in total. The van der Waals surface area contributed by atoms with Crippen LogP contribution in [0.4, 0.5) is 0 Å². The van der Waals surface area contributed by atoms with Crippen molar-refractivity contribution >= 4 is 21.9 Å². The van der Waals surface area contributed by atoms with Crippen LogP contribution in [0.2, 0.25) is 0 Å². The fourth-order valence-corrected chi connectivity index (χ4v) is 3.83. The van der Waals surface area contributed by atoms with E-state index in [0.717, 1.165) is 25.7 Å². The zero-order valence-electron chi connectivity index (χ0n) is 13.6. The second-order valence-electron chi connectivity index (χ2n) is 6.07. The predicted molar refractivity (Wildman–Crippen MR) is 84.4 cm³/mol. The lowest BCUT2D eigenvalue weighted by Crippen LogP contribution is -2.47. The molecule has 1 atom stereocenters. The van der Waals surface area contributed by atoms with Gasteiger partial charge in [0.2, 0.25) is 15.9 Å². The van der Waals surface area contributed by atoms with E-state index in [9.17, 15) is 18.0 Å². The maximum Gasteiger partial charge on any atom is 0.326 e. The minimum atomic E-state index is -3.78. The second-order valence-corrected chi connectivity index (χ2v) is 7.83. The first-order valence-electron chi connectivity index (χ1n) is 7.74. The monoisotopic (exact) mass is 350 g/mol. The Labute approximate surface area is 137 Å². The Balaban J connectivity index is 2.48. The molecular formula is C14H26N2O6S. The van der Waals surface area contributed by atoms with Crippen molar-refractivity contribution in [2.75, 3.05) is 19.5 Å². The van der Waals surface area contributed by atoms with Crippen molar-refractivity contribution in [3.63, 3.8) is 0 Å². The Morgan fingerprint density at radius 1 is 1.26 bits per heavy atom. The molecule has 1 unspecified atom stereocenters. The molecule has 23 heavy (non-hydrogen) atoms. The summed E-state index contributed by atoms with van der Waals surface area (Å²) < 4.78 is 31.3. The molecule has 0 aromatic carbocycles. The van der Waals surface area contributed by atoms with Crippen molar-refractivity contribution in [1.82, 2.24) is 10.0 Å². The van der Waals surface area contributed by atoms with Gasteiger partial charge >= 0.3 is 5.97 Å². The number of aliphatic carboxylic acids is 1. The van der Waals surface area contributed by atoms with E-state index >= 15 is 0 Å². The number of methoxy groups -OCH3 is 1. The highest BCUT2D eigenvalue weighted by Crippen LogP contribution is 2.23. The third-order valence-corrected chi connectivity index (χ3v) is 5.26. The van der Waals surface area contributed by atoms with Crippen LogP contribution in [0.15, 0.2) is 0 Å². The molecule has 0 saturated heterocycles. The molecule has 0 radical (unpaired) electrons. The molecule has 1 saturated carbocycles. The maximum atomic E-state index is 12.0. The molecular weight excluding hydrogens is 324 g/mol. The highest BCUT2D eigenvalue weighted by molar-refractivity contribution is 7.90. The van der Waals surface area contributed by atoms with Crippen molar-refractivity contribution < 1.29 is 27.9 Å². The first kappa shape index (κ1) is 19.9. The van der Waals surface area contributed by atoms with Gasteiger partial charge in [0.15, 0.2) is 0 Å². The summed E-state index contributed by atoms with van der Waals surface area (Å²) in [5.41, 5.74) is 0. The summed E-state index contributed by atoms with van der Waals surface area (Å²) in [4.78, 5) is 22.8. The van der Waals surface area contributed by atoms with Crippen molar-refractivity contribution in [3.05, 3.63) is 0 Å². The van der Waals surface area contributed by atoms with E-state index < -0.39 is 33.7 Å². The molecule has 8 nitrogen and oxygen atoms in total. The van der Waals surface area contributed by atoms with Gasteiger partial charge in [0.05, 0.1) is 0 Å². The molecule has 1 aliphatic rings. The number of nitrogens with one attached hydrogen (secondary N) is 2. The van der Waals surface area contributed by atoms with Gasteiger partial charge in [-0.15, -0.1) is 0 Å². The lowest BCUT2D eigenvalue weighted by atomic mass is 9.88. The van der Waals surface area contributed by atoms with Crippen LogP contribution < -0.4 is 10.0 Å². The van der Waals surface area contributed by atoms with Crippen LogP contribution in [0, 0.1) is 5.92 Å². The standard InChI is InChI=1S/C14H26N2O6S/c1-10-3-5-11(6-4-10)16-23(20,21)9-13(17)15-12(14(18)19)7-8-22-2/h10-12,16H,3-9H2,1-2H3,(H,15,17)(H,18,19). The van der Waals surface area contributed by atoms with Gasteiger partial charge < -0.3 is 15.2 Å². The number of carboxylic acids is 1. The van der Waals surface area contributed by atoms with Crippen LogP contribution in [0.5, 0.6) is 0 Å². The summed E-state index contributed by atoms with van der Waals surface area (Å²) in [5, 5.41) is 11.2. The summed E-state index contributed by atoms with van der Waals surface area (Å²) in [5.74, 6) is -2.22. The quantitative estimate of drug-likeness (QED) is 0.542. The van der Waals surface area contributed by atoms with E-state index in [1.165, 1.54) is 7.11 Å². The maximum absolute atomic E-state index is 12.0. The van der Waals surface area contributed by atoms with Crippen molar-refractivity contribution in [2.45, 2.75) is 51.1 Å². The van der Waals surface area contributed by atoms with Gasteiger partial charge in [0, 0.05) is 26.2 Å². The SMILES string of the molecule is COCCC(NC(=O)CS(=O)(=O)NC1CCC(C)CC1)C(=O)O. The minimum absolute atomic E-state index is 0.0750. The van der Waals surface area contributed by atoms with E-state index in [2.05, 4.69) is 17.0 Å². The number of carbonyl (C=O) groups is 2. The summed E-state index contributed by atoms with van der Waals surface area (Å²) in [7, 11) is -2.36. The Bertz CT molecular complexity index is 499. The molecule has 1 aliphatic carbocycles. The number of hydrogen-bond donors (Lipinski definition) is 3. The fourth-order valence-electron chi connectivity index (χ4n) is 2.58. The average Bonchev–Trinajstić information content (AvgIpc) is 2.44. The number of amides is 1. The first-order chi connectivity index (χ1) is 10.7. The van der Waals surface area contributed by atoms with E-state index in [4.69, 9.17) is 9.84 Å². The van der Waals surface area contributed by atoms with Crippen LogP contribution in [-0.2, 0) is 24.3 Å². The van der Waals surface area contributed by atoms with E-state index in [1.807, 2.05) is 0 Å². The van der Waals surface area contributed by atoms with Crippen LogP contribution >= 0.6 is 0 Å². The topological polar surface area (TPSA) is 122 Å². The highest BCUT2D eigenvalue weighted by Gasteiger charge is 2.26. The van der Waals surface area contributed by atoms with Crippen molar-refractivity contribution in [3.8, 4) is 0 Å². The molecule has 1 fully saturated rings. The summed E-state index contributed by atoms with van der Waals surface area (Å²) in [6.07, 6.45) is 3.50. The zero-order valence-corrected chi connectivity index (χ0v) is 14.4. The van der Waals surface area contributed by atoms with E-state index in [-0.39, 0.29) is 19.1 Å². The molecule has 9 heteroatoms. The van der Waals surface area contributed by atoms with E-state index in [0.29, 0.717) is 5.92 Å². The van der Waals surface area contributed by atoms with E-state index in [1.54, 1.807) is 0 Å². The first-order valence-corrected chi connectivity index (χ1v) is 9.40. The highest BCUT2D eigenvalue weighted by atomic mass is 32.2. The van der Waals surface area contributed by atoms with Crippen molar-refractivity contribution in [1.29, 1.82) is 0 Å². The molecule has 0 bridgehead atoms. The summed E-state index contributed by atoms with van der Waals surface area (Å²) in [6.45, 7) is 2.28. The lowest BCUT2D eigenvalue weighted by molar-refractivity contribution is -0.142. The Kier molecular flexibility index (Phi) is 7.93. The van der Waals surface area contributed by atoms with Gasteiger partial charge in [-0.2, -0.15) is 0 Å². The van der Waals surface area contributed by atoms with Crippen LogP contribution in [0.1, 0.15) is 39.0 Å². The number of sulfonamides is 1. The lowest BCUT2D eigenvalue weighted by Gasteiger charge is -2.26. The summed E-state index contributed by atoms with van der Waals surface area (Å²) in [6, 6.07) is -1.30. The Morgan fingerprint density at radius 3 is 2.39 bits per heavy atom. The molecule has 0 spiro atoms. The summed E-state index contributed by atoms with van der Waals surface area (Å²) >= 11 is 0. The minimum Gasteiger partial charge on any atom is -0.480 e. The van der Waals surface area contributed by atoms with Gasteiger partial charge in [-0.25, -0.2) is 17.9 Å². The third-order valence-electron chi connectivity index (χ3n) is 3.93. The Morgan fingerprint density at radius 2 is 1.87 bits per heavy atom. The zero-order chi connectivity index (χ0) is 17.5. The molecule has 1 rings (SSSR count). The average molecular weight is 350 g/mol. The number of ether oxygens (including phenoxy) is 1. The Hall–Kier alpha value is -1.19. The van der Waals surface area contributed by atoms with Gasteiger partial charge in [0.1, 0.15) is 11.8 Å². The second kappa shape index (κ2) is 9.19. The third kappa shape index (κ3) is 7.76. The molecule has 134 valence electrons. The van der Waals surface area contributed by atoms with Crippen LogP contribution in [0.3, 0.4) is 0 Å². The molecule has 0 aromatic heterocycles. The largest absolute Gasteiger partial charge is 0.480 e. The van der Waals surface area contributed by atoms with Gasteiger partial charge in [0.25, 0.3) is 0 Å². The van der Waals surface area contributed by atoms with Crippen LogP contribution in [-0.4, -0.2) is 57.0 Å². The van der Waals surface area contributed by atoms with Crippen molar-refractivity contribution in [2.24, 2.45) is 5.92 Å². The van der Waals surface area contributed by atoms with Gasteiger partial charge in [-0.05, 0) is 31.6 Å². The molecule has 0 aliphatic heterocycles.